The largest absolute Gasteiger partial charge is 0.492 e. The van der Waals surface area contributed by atoms with Gasteiger partial charge < -0.3 is 15.6 Å². The first kappa shape index (κ1) is 13.9. The van der Waals surface area contributed by atoms with E-state index < -0.39 is 22.4 Å². The first-order chi connectivity index (χ1) is 10.5. The molecular formula is C13H12N4O5. The number of carbonyl (C=O) groups is 1. The summed E-state index contributed by atoms with van der Waals surface area (Å²) in [4.78, 5) is 26.0. The van der Waals surface area contributed by atoms with E-state index in [1.54, 1.807) is 0 Å². The minimum Gasteiger partial charge on any atom is -0.492 e. The number of para-hydroxylation sites is 1. The van der Waals surface area contributed by atoms with E-state index >= 15 is 0 Å². The van der Waals surface area contributed by atoms with Crippen molar-refractivity contribution in [2.75, 3.05) is 0 Å². The first-order valence-corrected chi connectivity index (χ1v) is 6.54. The van der Waals surface area contributed by atoms with Gasteiger partial charge in [-0.1, -0.05) is 12.1 Å². The minimum absolute atomic E-state index is 0.00391. The van der Waals surface area contributed by atoms with Crippen molar-refractivity contribution in [2.24, 2.45) is 0 Å². The van der Waals surface area contributed by atoms with Crippen LogP contribution in [0.25, 0.3) is 11.4 Å². The van der Waals surface area contributed by atoms with Gasteiger partial charge in [-0.2, -0.15) is 9.71 Å². The van der Waals surface area contributed by atoms with Crippen molar-refractivity contribution in [3.05, 3.63) is 40.1 Å². The molecule has 1 aromatic carbocycles. The molecule has 0 aliphatic heterocycles. The SMILES string of the molecule is O=C(NC1CC1)c1c(O)nc(-c2ccccc2[N+](=O)[O-])n1O. The molecular weight excluding hydrogens is 292 g/mol. The molecule has 1 saturated carbocycles. The van der Waals surface area contributed by atoms with Crippen LogP contribution in [0.4, 0.5) is 5.69 Å². The molecule has 1 amide bonds. The van der Waals surface area contributed by atoms with E-state index in [-0.39, 0.29) is 23.1 Å². The average molecular weight is 304 g/mol. The Bertz CT molecular complexity index is 766. The van der Waals surface area contributed by atoms with Crippen LogP contribution >= 0.6 is 0 Å². The fourth-order valence-corrected chi connectivity index (χ4v) is 2.08. The van der Waals surface area contributed by atoms with Crippen molar-refractivity contribution in [1.82, 2.24) is 15.0 Å². The monoisotopic (exact) mass is 304 g/mol. The molecule has 1 aliphatic carbocycles. The van der Waals surface area contributed by atoms with Crippen LogP contribution in [0.1, 0.15) is 23.3 Å². The van der Waals surface area contributed by atoms with Crippen LogP contribution in [0.2, 0.25) is 0 Å². The number of hydrogen-bond acceptors (Lipinski definition) is 6. The number of hydrogen-bond donors (Lipinski definition) is 3. The maximum absolute atomic E-state index is 12.0. The predicted molar refractivity (Wildman–Crippen MR) is 73.7 cm³/mol. The van der Waals surface area contributed by atoms with Gasteiger partial charge in [0.15, 0.2) is 5.82 Å². The zero-order chi connectivity index (χ0) is 15.9. The fourth-order valence-electron chi connectivity index (χ4n) is 2.08. The quantitative estimate of drug-likeness (QED) is 0.443. The van der Waals surface area contributed by atoms with Crippen LogP contribution in [0, 0.1) is 10.1 Å². The molecule has 0 saturated heterocycles. The number of nitrogens with one attached hydrogen (secondary N) is 1. The number of benzene rings is 1. The molecule has 3 rings (SSSR count). The maximum Gasteiger partial charge on any atom is 0.280 e. The van der Waals surface area contributed by atoms with E-state index in [1.807, 2.05) is 0 Å². The molecule has 1 aliphatic rings. The molecule has 1 heterocycles. The van der Waals surface area contributed by atoms with Gasteiger partial charge in [0.1, 0.15) is 0 Å². The summed E-state index contributed by atoms with van der Waals surface area (Å²) >= 11 is 0. The highest BCUT2D eigenvalue weighted by molar-refractivity contribution is 5.96. The zero-order valence-electron chi connectivity index (χ0n) is 11.3. The summed E-state index contributed by atoms with van der Waals surface area (Å²) in [6.07, 6.45) is 1.67. The van der Waals surface area contributed by atoms with E-state index in [1.165, 1.54) is 24.3 Å². The van der Waals surface area contributed by atoms with Crippen molar-refractivity contribution < 1.29 is 20.0 Å². The highest BCUT2D eigenvalue weighted by atomic mass is 16.6. The van der Waals surface area contributed by atoms with Crippen molar-refractivity contribution in [3.8, 4) is 17.3 Å². The van der Waals surface area contributed by atoms with Gasteiger partial charge in [0.2, 0.25) is 11.6 Å². The molecule has 22 heavy (non-hydrogen) atoms. The molecule has 1 aromatic heterocycles. The molecule has 0 unspecified atom stereocenters. The molecule has 0 atom stereocenters. The zero-order valence-corrected chi connectivity index (χ0v) is 11.3. The number of nitro groups is 1. The lowest BCUT2D eigenvalue weighted by molar-refractivity contribution is -0.384. The van der Waals surface area contributed by atoms with Gasteiger partial charge in [0.05, 0.1) is 10.5 Å². The lowest BCUT2D eigenvalue weighted by Gasteiger charge is -2.05. The van der Waals surface area contributed by atoms with E-state index in [2.05, 4.69) is 10.3 Å². The molecule has 3 N–H and O–H groups in total. The number of nitro benzene ring substituents is 1. The topological polar surface area (TPSA) is 131 Å². The molecule has 114 valence electrons. The number of aromatic nitrogens is 2. The second-order valence-corrected chi connectivity index (χ2v) is 4.94. The number of rotatable bonds is 4. The van der Waals surface area contributed by atoms with E-state index in [0.717, 1.165) is 12.8 Å². The summed E-state index contributed by atoms with van der Waals surface area (Å²) in [6.45, 7) is 0. The number of carbonyl (C=O) groups excluding carboxylic acids is 1. The lowest BCUT2D eigenvalue weighted by Crippen LogP contribution is -2.27. The molecule has 9 heteroatoms. The summed E-state index contributed by atoms with van der Waals surface area (Å²) < 4.78 is 0.370. The van der Waals surface area contributed by atoms with Crippen molar-refractivity contribution in [3.63, 3.8) is 0 Å². The molecule has 0 radical (unpaired) electrons. The Morgan fingerprint density at radius 1 is 1.41 bits per heavy atom. The Hall–Kier alpha value is -3.10. The van der Waals surface area contributed by atoms with E-state index in [9.17, 15) is 25.2 Å². The van der Waals surface area contributed by atoms with Crippen molar-refractivity contribution in [2.45, 2.75) is 18.9 Å². The van der Waals surface area contributed by atoms with Gasteiger partial charge >= 0.3 is 0 Å². The van der Waals surface area contributed by atoms with Crippen molar-refractivity contribution >= 4 is 11.6 Å². The van der Waals surface area contributed by atoms with Gasteiger partial charge in [-0.25, -0.2) is 0 Å². The highest BCUT2D eigenvalue weighted by Gasteiger charge is 2.31. The lowest BCUT2D eigenvalue weighted by atomic mass is 10.2. The van der Waals surface area contributed by atoms with Crippen molar-refractivity contribution in [1.29, 1.82) is 0 Å². The summed E-state index contributed by atoms with van der Waals surface area (Å²) in [6, 6.07) is 5.63. The Labute approximate surface area is 123 Å². The Balaban J connectivity index is 2.06. The second-order valence-electron chi connectivity index (χ2n) is 4.94. The summed E-state index contributed by atoms with van der Waals surface area (Å²) in [5.74, 6) is -1.64. The smallest absolute Gasteiger partial charge is 0.280 e. The third kappa shape index (κ3) is 2.32. The summed E-state index contributed by atoms with van der Waals surface area (Å²) in [7, 11) is 0. The third-order valence-corrected chi connectivity index (χ3v) is 3.31. The van der Waals surface area contributed by atoms with Crippen LogP contribution in [0.15, 0.2) is 24.3 Å². The Morgan fingerprint density at radius 3 is 2.73 bits per heavy atom. The second kappa shape index (κ2) is 5.02. The van der Waals surface area contributed by atoms with Gasteiger partial charge in [0, 0.05) is 12.1 Å². The Morgan fingerprint density at radius 2 is 2.09 bits per heavy atom. The summed E-state index contributed by atoms with van der Waals surface area (Å²) in [5.41, 5.74) is -0.743. The first-order valence-electron chi connectivity index (χ1n) is 6.54. The average Bonchev–Trinajstić information content (AvgIpc) is 3.23. The minimum atomic E-state index is -0.686. The predicted octanol–water partition coefficient (Wildman–Crippen LogP) is 1.29. The van der Waals surface area contributed by atoms with Gasteiger partial charge in [-0.05, 0) is 18.9 Å². The molecule has 1 fully saturated rings. The van der Waals surface area contributed by atoms with Gasteiger partial charge in [0.25, 0.3) is 11.6 Å². The van der Waals surface area contributed by atoms with E-state index in [0.29, 0.717) is 4.73 Å². The van der Waals surface area contributed by atoms with Crippen LogP contribution in [0.5, 0.6) is 5.88 Å². The number of imidazole rings is 1. The third-order valence-electron chi connectivity index (χ3n) is 3.31. The van der Waals surface area contributed by atoms with Crippen LogP contribution in [-0.2, 0) is 0 Å². The Kier molecular flexibility index (Phi) is 3.17. The number of nitrogens with zero attached hydrogens (tertiary/aromatic N) is 3. The number of amides is 1. The molecule has 2 aromatic rings. The van der Waals surface area contributed by atoms with E-state index in [4.69, 9.17) is 0 Å². The fraction of sp³-hybridized carbons (Fsp3) is 0.231. The standard InChI is InChI=1S/C13H12N4O5/c18-12(14-7-5-6-7)10-13(19)15-11(16(10)20)8-3-1-2-4-9(8)17(21)22/h1-4,7,19-20H,5-6H2,(H,14,18). The van der Waals surface area contributed by atoms with Gasteiger partial charge in [-0.3, -0.25) is 14.9 Å². The normalized spacial score (nSPS) is 13.8. The number of aromatic hydroxyl groups is 1. The van der Waals surface area contributed by atoms with Crippen LogP contribution in [0.3, 0.4) is 0 Å². The van der Waals surface area contributed by atoms with Crippen LogP contribution in [-0.4, -0.2) is 36.9 Å². The van der Waals surface area contributed by atoms with Crippen LogP contribution < -0.4 is 5.32 Å². The maximum atomic E-state index is 12.0. The highest BCUT2D eigenvalue weighted by Crippen LogP contribution is 2.32. The molecule has 9 nitrogen and oxygen atoms in total. The summed E-state index contributed by atoms with van der Waals surface area (Å²) in [5, 5.41) is 33.5. The van der Waals surface area contributed by atoms with Gasteiger partial charge in [-0.15, -0.1) is 0 Å². The molecule has 0 bridgehead atoms. The molecule has 0 spiro atoms.